The van der Waals surface area contributed by atoms with Crippen molar-refractivity contribution in [3.63, 3.8) is 0 Å². The Labute approximate surface area is 252 Å². The number of nitrogens with one attached hydrogen (secondary N) is 1. The number of aromatic nitrogens is 1. The lowest BCUT2D eigenvalue weighted by atomic mass is 9.33. The zero-order chi connectivity index (χ0) is 29.3. The number of hydrogen-bond acceptors (Lipinski definition) is 2. The number of carbonyl (C=O) groups is 1. The summed E-state index contributed by atoms with van der Waals surface area (Å²) in [4.78, 5) is 17.5. The Morgan fingerprint density at radius 2 is 1.76 bits per heavy atom. The van der Waals surface area contributed by atoms with Gasteiger partial charge in [-0.3, -0.25) is 4.79 Å². The zero-order valence-electron chi connectivity index (χ0n) is 26.5. The van der Waals surface area contributed by atoms with Crippen LogP contribution in [0.25, 0.3) is 10.9 Å². The molecule has 0 spiro atoms. The van der Waals surface area contributed by atoms with E-state index in [-0.39, 0.29) is 33.0 Å². The number of carbonyl (C=O) groups excluding carboxylic acids is 1. The van der Waals surface area contributed by atoms with E-state index in [2.05, 4.69) is 71.7 Å². The summed E-state index contributed by atoms with van der Waals surface area (Å²) in [7, 11) is 1.61. The molecule has 222 valence electrons. The van der Waals surface area contributed by atoms with Gasteiger partial charge in [0, 0.05) is 27.0 Å². The average Bonchev–Trinajstić information content (AvgIpc) is 3.28. The van der Waals surface area contributed by atoms with Crippen LogP contribution >= 0.6 is 11.6 Å². The van der Waals surface area contributed by atoms with Crippen LogP contribution < -0.4 is 0 Å². The van der Waals surface area contributed by atoms with Crippen LogP contribution in [0.5, 0.6) is 0 Å². The van der Waals surface area contributed by atoms with E-state index in [1.165, 1.54) is 35.0 Å². The van der Waals surface area contributed by atoms with E-state index in [0.29, 0.717) is 29.6 Å². The number of methoxy groups -OCH3 is 1. The molecule has 3 fully saturated rings. The highest BCUT2D eigenvalue weighted by molar-refractivity contribution is 6.31. The molecular formula is C37H50ClNO2. The summed E-state index contributed by atoms with van der Waals surface area (Å²) in [6.45, 7) is 17.7. The summed E-state index contributed by atoms with van der Waals surface area (Å²) in [5.74, 6) is 2.69. The molecule has 0 saturated heterocycles. The minimum atomic E-state index is -0.346. The summed E-state index contributed by atoms with van der Waals surface area (Å²) in [6, 6.07) is 6.37. The van der Waals surface area contributed by atoms with Crippen molar-refractivity contribution in [3.8, 4) is 0 Å². The lowest BCUT2D eigenvalue weighted by Gasteiger charge is -2.70. The molecule has 0 radical (unpaired) electrons. The summed E-state index contributed by atoms with van der Waals surface area (Å²) in [5.41, 5.74) is 5.98. The first-order valence-corrected chi connectivity index (χ1v) is 16.7. The van der Waals surface area contributed by atoms with Gasteiger partial charge in [0.05, 0.1) is 12.5 Å². The molecule has 1 heterocycles. The second-order valence-corrected chi connectivity index (χ2v) is 16.8. The molecule has 1 N–H and O–H groups in total. The van der Waals surface area contributed by atoms with Crippen LogP contribution in [0.15, 0.2) is 29.8 Å². The molecule has 5 aliphatic carbocycles. The van der Waals surface area contributed by atoms with Crippen molar-refractivity contribution < 1.29 is 9.53 Å². The smallest absolute Gasteiger partial charge is 0.312 e. The first kappa shape index (κ1) is 28.1. The molecule has 3 nitrogen and oxygen atoms in total. The third-order valence-corrected chi connectivity index (χ3v) is 15.0. The molecule has 9 atom stereocenters. The van der Waals surface area contributed by atoms with Crippen LogP contribution in [0.2, 0.25) is 5.02 Å². The highest BCUT2D eigenvalue weighted by atomic mass is 35.5. The molecule has 4 heteroatoms. The third kappa shape index (κ3) is 3.31. The van der Waals surface area contributed by atoms with Gasteiger partial charge < -0.3 is 9.72 Å². The molecular weight excluding hydrogens is 526 g/mol. The highest BCUT2D eigenvalue weighted by Gasteiger charge is 2.69. The van der Waals surface area contributed by atoms with Crippen LogP contribution in [-0.2, 0) is 21.4 Å². The fourth-order valence-corrected chi connectivity index (χ4v) is 12.5. The number of H-pyrrole nitrogens is 1. The maximum Gasteiger partial charge on any atom is 0.312 e. The summed E-state index contributed by atoms with van der Waals surface area (Å²) in [6.07, 6.45) is 11.6. The van der Waals surface area contributed by atoms with Crippen molar-refractivity contribution in [3.05, 3.63) is 46.1 Å². The number of rotatable bonds is 1. The number of halogens is 1. The zero-order valence-corrected chi connectivity index (χ0v) is 27.3. The van der Waals surface area contributed by atoms with Crippen molar-refractivity contribution in [2.75, 3.05) is 7.11 Å². The van der Waals surface area contributed by atoms with E-state index >= 15 is 0 Å². The molecule has 0 bridgehead atoms. The molecule has 1 aromatic heterocycles. The Kier molecular flexibility index (Phi) is 5.93. The average molecular weight is 576 g/mol. The van der Waals surface area contributed by atoms with Crippen molar-refractivity contribution in [1.29, 1.82) is 0 Å². The SMILES string of the molecule is COC(=O)[C@]12CC[C@@H](C)[C@H](C)[C@H]1C1=CC[C@@H]3[C@@]4(C)Cc5c([nH]c6ccc(Cl)cc56)C(C)(C)[C@@H]4CC[C@@]3(C)[C@]1(C)CC2. The molecule has 7 rings (SSSR count). The van der Waals surface area contributed by atoms with Crippen molar-refractivity contribution >= 4 is 28.5 Å². The maximum absolute atomic E-state index is 13.6. The van der Waals surface area contributed by atoms with E-state index in [0.717, 1.165) is 43.5 Å². The summed E-state index contributed by atoms with van der Waals surface area (Å²) < 4.78 is 5.58. The van der Waals surface area contributed by atoms with Crippen molar-refractivity contribution in [2.24, 2.45) is 51.2 Å². The van der Waals surface area contributed by atoms with Crippen LogP contribution in [0.1, 0.15) is 105 Å². The number of allylic oxidation sites excluding steroid dienone is 2. The van der Waals surface area contributed by atoms with Gasteiger partial charge in [-0.25, -0.2) is 0 Å². The molecule has 0 aliphatic heterocycles. The monoisotopic (exact) mass is 575 g/mol. The molecule has 41 heavy (non-hydrogen) atoms. The van der Waals surface area contributed by atoms with E-state index in [4.69, 9.17) is 16.3 Å². The molecule has 1 aromatic carbocycles. The predicted octanol–water partition coefficient (Wildman–Crippen LogP) is 9.67. The number of benzene rings is 1. The van der Waals surface area contributed by atoms with Crippen molar-refractivity contribution in [2.45, 2.75) is 105 Å². The number of fused-ring (bicyclic) bond motifs is 10. The molecule has 0 unspecified atom stereocenters. The number of esters is 1. The van der Waals surface area contributed by atoms with Gasteiger partial charge in [0.25, 0.3) is 0 Å². The van der Waals surface area contributed by atoms with Crippen LogP contribution in [-0.4, -0.2) is 18.1 Å². The number of hydrogen-bond donors (Lipinski definition) is 1. The van der Waals surface area contributed by atoms with Crippen molar-refractivity contribution in [1.82, 2.24) is 4.98 Å². The van der Waals surface area contributed by atoms with Gasteiger partial charge in [0.15, 0.2) is 0 Å². The van der Waals surface area contributed by atoms with Gasteiger partial charge in [0.2, 0.25) is 0 Å². The maximum atomic E-state index is 13.6. The second kappa shape index (κ2) is 8.67. The fraction of sp³-hybridized carbons (Fsp3) is 0.703. The van der Waals surface area contributed by atoms with Crippen LogP contribution in [0.4, 0.5) is 0 Å². The Morgan fingerprint density at radius 1 is 1.00 bits per heavy atom. The molecule has 0 amide bonds. The minimum absolute atomic E-state index is 0.0479. The standard InChI is InChI=1S/C37H50ClNO2/c1-21-13-16-37(32(40)41-8)18-17-35(6)26(30(37)22(21)2)10-12-29-34(5)20-25-24-19-23(38)9-11-27(24)39-31(25)33(3,4)28(34)14-15-36(29,35)7/h9-11,19,21-22,28-30,39H,12-18,20H2,1-8H3/t21-,22+,28+,29-,30+,34+,35-,36-,37+/m1/s1. The van der Waals surface area contributed by atoms with Gasteiger partial charge in [-0.05, 0) is 121 Å². The number of aromatic amines is 1. The molecule has 5 aliphatic rings. The Hall–Kier alpha value is -1.74. The Morgan fingerprint density at radius 3 is 2.49 bits per heavy atom. The first-order chi connectivity index (χ1) is 19.2. The lowest BCUT2D eigenvalue weighted by molar-refractivity contribution is -0.181. The van der Waals surface area contributed by atoms with Gasteiger partial charge in [-0.2, -0.15) is 0 Å². The number of ether oxygens (including phenoxy) is 1. The Balaban J connectivity index is 1.37. The molecule has 3 saturated carbocycles. The molecule has 2 aromatic rings. The van der Waals surface area contributed by atoms with Gasteiger partial charge in [-0.15, -0.1) is 0 Å². The van der Waals surface area contributed by atoms with E-state index < -0.39 is 0 Å². The first-order valence-electron chi connectivity index (χ1n) is 16.3. The quantitative estimate of drug-likeness (QED) is 0.271. The van der Waals surface area contributed by atoms with Gasteiger partial charge in [-0.1, -0.05) is 71.7 Å². The van der Waals surface area contributed by atoms with Crippen LogP contribution in [0.3, 0.4) is 0 Å². The fourth-order valence-electron chi connectivity index (χ4n) is 12.4. The largest absolute Gasteiger partial charge is 0.469 e. The summed E-state index contributed by atoms with van der Waals surface area (Å²) >= 11 is 6.56. The van der Waals surface area contributed by atoms with Gasteiger partial charge >= 0.3 is 5.97 Å². The minimum Gasteiger partial charge on any atom is -0.469 e. The van der Waals surface area contributed by atoms with Gasteiger partial charge in [0.1, 0.15) is 0 Å². The van der Waals surface area contributed by atoms with E-state index in [1.807, 2.05) is 6.07 Å². The second-order valence-electron chi connectivity index (χ2n) is 16.4. The van der Waals surface area contributed by atoms with E-state index in [1.54, 1.807) is 12.7 Å². The topological polar surface area (TPSA) is 42.1 Å². The third-order valence-electron chi connectivity index (χ3n) is 14.8. The highest BCUT2D eigenvalue weighted by Crippen LogP contribution is 2.75. The van der Waals surface area contributed by atoms with Crippen LogP contribution in [0, 0.1) is 51.2 Å². The van der Waals surface area contributed by atoms with E-state index in [9.17, 15) is 4.79 Å². The Bertz CT molecular complexity index is 1470. The lowest BCUT2D eigenvalue weighted by Crippen LogP contribution is -2.65. The summed E-state index contributed by atoms with van der Waals surface area (Å²) in [5, 5.41) is 2.14. The normalized spacial score (nSPS) is 44.5. The predicted molar refractivity (Wildman–Crippen MR) is 168 cm³/mol.